The van der Waals surface area contributed by atoms with Gasteiger partial charge in [0.2, 0.25) is 11.7 Å². The monoisotopic (exact) mass is 444 g/mol. The molecule has 8 heteroatoms. The summed E-state index contributed by atoms with van der Waals surface area (Å²) in [6.07, 6.45) is 7.45. The average Bonchev–Trinajstić information content (AvgIpc) is 3.41. The number of anilines is 1. The van der Waals surface area contributed by atoms with Crippen molar-refractivity contribution in [1.29, 1.82) is 0 Å². The maximum atomic E-state index is 12.9. The largest absolute Gasteiger partial charge is 0.461 e. The van der Waals surface area contributed by atoms with E-state index in [9.17, 15) is 4.79 Å². The van der Waals surface area contributed by atoms with E-state index in [1.165, 1.54) is 31.0 Å². The van der Waals surface area contributed by atoms with Crippen molar-refractivity contribution < 1.29 is 9.21 Å². The van der Waals surface area contributed by atoms with Gasteiger partial charge in [-0.1, -0.05) is 48.7 Å². The predicted molar refractivity (Wildman–Crippen MR) is 120 cm³/mol. The summed E-state index contributed by atoms with van der Waals surface area (Å²) >= 11 is 7.50. The number of aryl methyl sites for hydroxylation is 1. The second kappa shape index (κ2) is 9.27. The van der Waals surface area contributed by atoms with Gasteiger partial charge in [0.05, 0.1) is 11.5 Å². The fraction of sp³-hybridized carbons (Fsp3) is 0.409. The van der Waals surface area contributed by atoms with E-state index in [0.29, 0.717) is 16.8 Å². The van der Waals surface area contributed by atoms with Crippen molar-refractivity contribution in [2.24, 2.45) is 0 Å². The summed E-state index contributed by atoms with van der Waals surface area (Å²) < 4.78 is 7.76. The number of furan rings is 1. The number of halogens is 1. The number of benzene rings is 1. The Morgan fingerprint density at radius 1 is 1.27 bits per heavy atom. The molecule has 1 aliphatic carbocycles. The molecule has 158 valence electrons. The molecule has 1 fully saturated rings. The van der Waals surface area contributed by atoms with Crippen molar-refractivity contribution in [3.05, 3.63) is 47.2 Å². The summed E-state index contributed by atoms with van der Waals surface area (Å²) in [6, 6.07) is 9.55. The van der Waals surface area contributed by atoms with E-state index >= 15 is 0 Å². The number of thioether (sulfide) groups is 1. The van der Waals surface area contributed by atoms with Crippen LogP contribution in [-0.2, 0) is 4.79 Å². The van der Waals surface area contributed by atoms with Crippen molar-refractivity contribution in [2.45, 2.75) is 62.4 Å². The zero-order valence-corrected chi connectivity index (χ0v) is 18.7. The molecule has 1 atom stereocenters. The number of nitrogens with one attached hydrogen (secondary N) is 1. The van der Waals surface area contributed by atoms with Crippen molar-refractivity contribution in [1.82, 2.24) is 14.8 Å². The smallest absolute Gasteiger partial charge is 0.237 e. The van der Waals surface area contributed by atoms with Gasteiger partial charge in [-0.15, -0.1) is 10.2 Å². The summed E-state index contributed by atoms with van der Waals surface area (Å²) in [5, 5.41) is 12.8. The highest BCUT2D eigenvalue weighted by Gasteiger charge is 2.27. The lowest BCUT2D eigenvalue weighted by Crippen LogP contribution is -2.24. The van der Waals surface area contributed by atoms with Gasteiger partial charge < -0.3 is 9.73 Å². The van der Waals surface area contributed by atoms with E-state index in [2.05, 4.69) is 20.1 Å². The lowest BCUT2D eigenvalue weighted by molar-refractivity contribution is -0.115. The molecular formula is C22H25ClN4O2S. The van der Waals surface area contributed by atoms with Crippen molar-refractivity contribution >= 4 is 35.0 Å². The lowest BCUT2D eigenvalue weighted by Gasteiger charge is -2.25. The number of amides is 1. The fourth-order valence-corrected chi connectivity index (χ4v) is 4.87. The van der Waals surface area contributed by atoms with Crippen LogP contribution < -0.4 is 5.32 Å². The van der Waals surface area contributed by atoms with Gasteiger partial charge in [-0.3, -0.25) is 9.36 Å². The zero-order chi connectivity index (χ0) is 21.1. The number of nitrogens with zero attached hydrogens (tertiary/aromatic N) is 3. The maximum Gasteiger partial charge on any atom is 0.237 e. The maximum absolute atomic E-state index is 12.9. The predicted octanol–water partition coefficient (Wildman–Crippen LogP) is 6.12. The normalized spacial score (nSPS) is 15.8. The Bertz CT molecular complexity index is 1010. The molecule has 0 bridgehead atoms. The topological polar surface area (TPSA) is 73.0 Å². The zero-order valence-electron chi connectivity index (χ0n) is 17.1. The van der Waals surface area contributed by atoms with Crippen LogP contribution in [0.3, 0.4) is 0 Å². The van der Waals surface area contributed by atoms with E-state index in [4.69, 9.17) is 16.0 Å². The van der Waals surface area contributed by atoms with Gasteiger partial charge in [0, 0.05) is 16.8 Å². The Balaban J connectivity index is 1.56. The van der Waals surface area contributed by atoms with E-state index in [1.54, 1.807) is 12.3 Å². The molecule has 1 aliphatic rings. The lowest BCUT2D eigenvalue weighted by atomic mass is 9.95. The number of hydrogen-bond donors (Lipinski definition) is 1. The van der Waals surface area contributed by atoms with Gasteiger partial charge >= 0.3 is 0 Å². The first-order valence-electron chi connectivity index (χ1n) is 10.3. The summed E-state index contributed by atoms with van der Waals surface area (Å²) in [7, 11) is 0. The van der Waals surface area contributed by atoms with E-state index in [1.807, 2.05) is 38.1 Å². The number of hydrogen-bond acceptors (Lipinski definition) is 5. The Labute approximate surface area is 185 Å². The Morgan fingerprint density at radius 2 is 2.07 bits per heavy atom. The standard InChI is InChI=1S/C22H25ClN4O2S/c1-14-10-11-16(23)13-18(14)24-21(28)15(2)30-22-26-25-20(19-9-6-12-29-19)27(22)17-7-4-3-5-8-17/h6,9-13,15,17H,3-5,7-8H2,1-2H3,(H,24,28). The summed E-state index contributed by atoms with van der Waals surface area (Å²) in [6.45, 7) is 3.82. The molecule has 1 N–H and O–H groups in total. The molecule has 1 saturated carbocycles. The van der Waals surface area contributed by atoms with Crippen LogP contribution in [0.5, 0.6) is 0 Å². The molecule has 2 aromatic heterocycles. The average molecular weight is 445 g/mol. The van der Waals surface area contributed by atoms with Crippen LogP contribution in [0.2, 0.25) is 5.02 Å². The number of aromatic nitrogens is 3. The van der Waals surface area contributed by atoms with Gasteiger partial charge in [0.15, 0.2) is 10.9 Å². The summed E-state index contributed by atoms with van der Waals surface area (Å²) in [5.74, 6) is 1.34. The molecule has 0 radical (unpaired) electrons. The third kappa shape index (κ3) is 4.57. The number of carbonyl (C=O) groups is 1. The van der Waals surface area contributed by atoms with Crippen LogP contribution in [-0.4, -0.2) is 25.9 Å². The molecule has 0 aliphatic heterocycles. The summed E-state index contributed by atoms with van der Waals surface area (Å²) in [5.41, 5.74) is 1.69. The number of rotatable bonds is 6. The molecule has 6 nitrogen and oxygen atoms in total. The highest BCUT2D eigenvalue weighted by atomic mass is 35.5. The third-order valence-electron chi connectivity index (χ3n) is 5.45. The first-order valence-corrected chi connectivity index (χ1v) is 11.5. The van der Waals surface area contributed by atoms with Crippen molar-refractivity contribution in [2.75, 3.05) is 5.32 Å². The van der Waals surface area contributed by atoms with E-state index in [0.717, 1.165) is 35.1 Å². The van der Waals surface area contributed by atoms with Crippen LogP contribution in [0.25, 0.3) is 11.6 Å². The van der Waals surface area contributed by atoms with Gasteiger partial charge in [0.25, 0.3) is 0 Å². The molecule has 0 spiro atoms. The van der Waals surface area contributed by atoms with Crippen molar-refractivity contribution in [3.8, 4) is 11.6 Å². The first-order chi connectivity index (χ1) is 14.5. The van der Waals surface area contributed by atoms with Crippen LogP contribution in [0.4, 0.5) is 5.69 Å². The molecule has 0 saturated heterocycles. The molecule has 1 unspecified atom stereocenters. The summed E-state index contributed by atoms with van der Waals surface area (Å²) in [4.78, 5) is 12.9. The van der Waals surface area contributed by atoms with Crippen LogP contribution >= 0.6 is 23.4 Å². The molecule has 1 aromatic carbocycles. The minimum atomic E-state index is -0.348. The number of carbonyl (C=O) groups excluding carboxylic acids is 1. The second-order valence-electron chi connectivity index (χ2n) is 7.65. The SMILES string of the molecule is Cc1ccc(Cl)cc1NC(=O)C(C)Sc1nnc(-c2ccco2)n1C1CCCCC1. The van der Waals surface area contributed by atoms with Gasteiger partial charge in [-0.25, -0.2) is 0 Å². The molecule has 30 heavy (non-hydrogen) atoms. The van der Waals surface area contributed by atoms with Crippen LogP contribution in [0.1, 0.15) is 50.6 Å². The van der Waals surface area contributed by atoms with E-state index in [-0.39, 0.29) is 11.2 Å². The van der Waals surface area contributed by atoms with Gasteiger partial charge in [-0.2, -0.15) is 0 Å². The van der Waals surface area contributed by atoms with Gasteiger partial charge in [0.1, 0.15) is 0 Å². The molecule has 3 aromatic rings. The second-order valence-corrected chi connectivity index (χ2v) is 9.40. The fourth-order valence-electron chi connectivity index (χ4n) is 3.77. The molecule has 2 heterocycles. The highest BCUT2D eigenvalue weighted by molar-refractivity contribution is 8.00. The van der Waals surface area contributed by atoms with Gasteiger partial charge in [-0.05, 0) is 56.5 Å². The molecule has 1 amide bonds. The van der Waals surface area contributed by atoms with E-state index < -0.39 is 0 Å². The third-order valence-corrected chi connectivity index (χ3v) is 6.75. The minimum absolute atomic E-state index is 0.0943. The quantitative estimate of drug-likeness (QED) is 0.463. The Hall–Kier alpha value is -2.25. The molecule has 4 rings (SSSR count). The Morgan fingerprint density at radius 3 is 2.80 bits per heavy atom. The molecular weight excluding hydrogens is 420 g/mol. The minimum Gasteiger partial charge on any atom is -0.461 e. The van der Waals surface area contributed by atoms with Crippen LogP contribution in [0, 0.1) is 6.92 Å². The van der Waals surface area contributed by atoms with Crippen molar-refractivity contribution in [3.63, 3.8) is 0 Å². The Kier molecular flexibility index (Phi) is 6.49. The highest BCUT2D eigenvalue weighted by Crippen LogP contribution is 2.37. The first kappa shape index (κ1) is 21.0. The van der Waals surface area contributed by atoms with Crippen LogP contribution in [0.15, 0.2) is 46.2 Å².